The molecule has 0 atom stereocenters. The normalized spacial score (nSPS) is 11.2. The molecule has 4 heteroatoms. The Labute approximate surface area is 188 Å². The lowest BCUT2D eigenvalue weighted by molar-refractivity contribution is 0.414. The summed E-state index contributed by atoms with van der Waals surface area (Å²) in [6.07, 6.45) is 11.9. The molecule has 0 aliphatic heterocycles. The van der Waals surface area contributed by atoms with Gasteiger partial charge in [-0.15, -0.1) is 0 Å². The number of methoxy groups -OCH3 is 2. The molecule has 158 valence electrons. The van der Waals surface area contributed by atoms with Crippen LogP contribution in [0, 0.1) is 0 Å². The van der Waals surface area contributed by atoms with Crippen molar-refractivity contribution in [2.75, 3.05) is 14.2 Å². The Morgan fingerprint density at radius 2 is 0.938 bits per heavy atom. The van der Waals surface area contributed by atoms with E-state index in [4.69, 9.17) is 9.47 Å². The van der Waals surface area contributed by atoms with Gasteiger partial charge in [0.2, 0.25) is 0 Å². The zero-order chi connectivity index (χ0) is 22.2. The number of ether oxygens (including phenoxy) is 2. The fourth-order valence-corrected chi connectivity index (χ4v) is 3.26. The van der Waals surface area contributed by atoms with Crippen LogP contribution in [0.25, 0.3) is 35.7 Å². The number of aromatic nitrogens is 2. The Hall–Kier alpha value is -4.18. The number of nitrogens with zero attached hydrogens (tertiary/aromatic N) is 2. The summed E-state index contributed by atoms with van der Waals surface area (Å²) >= 11 is 0. The Morgan fingerprint density at radius 1 is 0.531 bits per heavy atom. The summed E-state index contributed by atoms with van der Waals surface area (Å²) in [5.41, 5.74) is 5.91. The second-order valence-electron chi connectivity index (χ2n) is 7.17. The number of hydrogen-bond acceptors (Lipinski definition) is 4. The van der Waals surface area contributed by atoms with Crippen molar-refractivity contribution in [2.24, 2.45) is 0 Å². The van der Waals surface area contributed by atoms with Gasteiger partial charge in [0.05, 0.1) is 25.6 Å². The van der Waals surface area contributed by atoms with Gasteiger partial charge in [-0.05, 0) is 70.8 Å². The van der Waals surface area contributed by atoms with E-state index >= 15 is 0 Å². The summed E-state index contributed by atoms with van der Waals surface area (Å²) in [7, 11) is 3.34. The summed E-state index contributed by atoms with van der Waals surface area (Å²) in [6.45, 7) is 0. The minimum Gasteiger partial charge on any atom is -0.497 e. The highest BCUT2D eigenvalue weighted by Gasteiger charge is 2.03. The summed E-state index contributed by atoms with van der Waals surface area (Å²) < 4.78 is 10.6. The molecule has 0 radical (unpaired) electrons. The molecule has 0 amide bonds. The standard InChI is InChI=1S/C28H24N2O2/c1-31-25-7-3-5-21(17-25)9-11-23-13-15-29-27(19-23)28-20-24(14-16-30-28)12-10-22-6-4-8-26(18-22)32-2/h3-20H,1-2H3/b11-9-,12-10-. The predicted molar refractivity (Wildman–Crippen MR) is 131 cm³/mol. The summed E-state index contributed by atoms with van der Waals surface area (Å²) in [4.78, 5) is 9.03. The van der Waals surface area contributed by atoms with Crippen LogP contribution in [0.4, 0.5) is 0 Å². The number of pyridine rings is 2. The fraction of sp³-hybridized carbons (Fsp3) is 0.0714. The van der Waals surface area contributed by atoms with Gasteiger partial charge in [0.15, 0.2) is 0 Å². The molecule has 2 heterocycles. The Balaban J connectivity index is 1.54. The van der Waals surface area contributed by atoms with Gasteiger partial charge in [-0.25, -0.2) is 0 Å². The van der Waals surface area contributed by atoms with E-state index in [2.05, 4.69) is 34.3 Å². The van der Waals surface area contributed by atoms with Crippen molar-refractivity contribution in [3.8, 4) is 22.9 Å². The highest BCUT2D eigenvalue weighted by molar-refractivity contribution is 5.74. The quantitative estimate of drug-likeness (QED) is 0.342. The van der Waals surface area contributed by atoms with Gasteiger partial charge < -0.3 is 9.47 Å². The van der Waals surface area contributed by atoms with Gasteiger partial charge in [0.1, 0.15) is 11.5 Å². The zero-order valence-electron chi connectivity index (χ0n) is 18.1. The largest absolute Gasteiger partial charge is 0.497 e. The number of rotatable bonds is 7. The van der Waals surface area contributed by atoms with E-state index in [1.165, 1.54) is 0 Å². The average Bonchev–Trinajstić information content (AvgIpc) is 2.87. The molecule has 0 saturated heterocycles. The second-order valence-corrected chi connectivity index (χ2v) is 7.17. The molecule has 2 aromatic heterocycles. The monoisotopic (exact) mass is 420 g/mol. The molecule has 0 aliphatic rings. The first kappa shape index (κ1) is 21.1. The highest BCUT2D eigenvalue weighted by Crippen LogP contribution is 2.21. The van der Waals surface area contributed by atoms with Crippen LogP contribution in [0.1, 0.15) is 22.3 Å². The molecule has 0 spiro atoms. The molecule has 4 aromatic rings. The molecule has 4 nitrogen and oxygen atoms in total. The third kappa shape index (κ3) is 5.49. The third-order valence-electron chi connectivity index (χ3n) is 4.95. The SMILES string of the molecule is COc1cccc(/C=C\c2ccnc(-c3cc(/C=C\c4cccc(OC)c4)ccn3)c2)c1. The first-order chi connectivity index (χ1) is 15.7. The van der Waals surface area contributed by atoms with Crippen LogP contribution in [-0.4, -0.2) is 24.2 Å². The Bertz CT molecular complexity index is 1160. The van der Waals surface area contributed by atoms with Gasteiger partial charge >= 0.3 is 0 Å². The maximum Gasteiger partial charge on any atom is 0.119 e. The lowest BCUT2D eigenvalue weighted by Gasteiger charge is -2.04. The Kier molecular flexibility index (Phi) is 6.73. The van der Waals surface area contributed by atoms with Crippen molar-refractivity contribution in [1.29, 1.82) is 0 Å². The van der Waals surface area contributed by atoms with Crippen LogP contribution in [0.5, 0.6) is 11.5 Å². The first-order valence-electron chi connectivity index (χ1n) is 10.3. The molecule has 4 rings (SSSR count). The van der Waals surface area contributed by atoms with Gasteiger partial charge in [-0.1, -0.05) is 48.6 Å². The van der Waals surface area contributed by atoms with Crippen LogP contribution in [0.3, 0.4) is 0 Å². The minimum absolute atomic E-state index is 0.828. The maximum atomic E-state index is 5.29. The molecular formula is C28H24N2O2. The van der Waals surface area contributed by atoms with E-state index in [-0.39, 0.29) is 0 Å². The molecule has 32 heavy (non-hydrogen) atoms. The Morgan fingerprint density at radius 3 is 1.34 bits per heavy atom. The van der Waals surface area contributed by atoms with Crippen LogP contribution >= 0.6 is 0 Å². The summed E-state index contributed by atoms with van der Waals surface area (Å²) in [5, 5.41) is 0. The highest BCUT2D eigenvalue weighted by atomic mass is 16.5. The van der Waals surface area contributed by atoms with Crippen molar-refractivity contribution in [1.82, 2.24) is 9.97 Å². The molecule has 0 aliphatic carbocycles. The van der Waals surface area contributed by atoms with Crippen LogP contribution in [0.2, 0.25) is 0 Å². The minimum atomic E-state index is 0.828. The van der Waals surface area contributed by atoms with Crippen LogP contribution in [0.15, 0.2) is 85.2 Å². The van der Waals surface area contributed by atoms with E-state index < -0.39 is 0 Å². The van der Waals surface area contributed by atoms with Crippen molar-refractivity contribution < 1.29 is 9.47 Å². The van der Waals surface area contributed by atoms with Gasteiger partial charge in [-0.3, -0.25) is 9.97 Å². The lowest BCUT2D eigenvalue weighted by Crippen LogP contribution is -1.89. The van der Waals surface area contributed by atoms with Crippen LogP contribution in [-0.2, 0) is 0 Å². The van der Waals surface area contributed by atoms with E-state index in [0.29, 0.717) is 0 Å². The second kappa shape index (κ2) is 10.2. The van der Waals surface area contributed by atoms with E-state index in [0.717, 1.165) is 45.1 Å². The van der Waals surface area contributed by atoms with E-state index in [1.807, 2.05) is 72.8 Å². The molecule has 0 unspecified atom stereocenters. The van der Waals surface area contributed by atoms with Gasteiger partial charge in [0.25, 0.3) is 0 Å². The topological polar surface area (TPSA) is 44.2 Å². The maximum absolute atomic E-state index is 5.29. The van der Waals surface area contributed by atoms with E-state index in [1.54, 1.807) is 26.6 Å². The van der Waals surface area contributed by atoms with Gasteiger partial charge in [0, 0.05) is 12.4 Å². The molecular weight excluding hydrogens is 396 g/mol. The van der Waals surface area contributed by atoms with Crippen molar-refractivity contribution in [2.45, 2.75) is 0 Å². The zero-order valence-corrected chi connectivity index (χ0v) is 18.1. The van der Waals surface area contributed by atoms with Crippen molar-refractivity contribution >= 4 is 24.3 Å². The third-order valence-corrected chi connectivity index (χ3v) is 4.95. The molecule has 0 saturated carbocycles. The van der Waals surface area contributed by atoms with Crippen LogP contribution < -0.4 is 9.47 Å². The number of hydrogen-bond donors (Lipinski definition) is 0. The van der Waals surface area contributed by atoms with Crippen molar-refractivity contribution in [3.05, 3.63) is 107 Å². The fourth-order valence-electron chi connectivity index (χ4n) is 3.26. The summed E-state index contributed by atoms with van der Waals surface area (Å²) in [6, 6.07) is 23.9. The number of benzene rings is 2. The lowest BCUT2D eigenvalue weighted by atomic mass is 10.1. The first-order valence-corrected chi connectivity index (χ1v) is 10.3. The van der Waals surface area contributed by atoms with Crippen molar-refractivity contribution in [3.63, 3.8) is 0 Å². The van der Waals surface area contributed by atoms with Gasteiger partial charge in [-0.2, -0.15) is 0 Å². The molecule has 0 bridgehead atoms. The average molecular weight is 421 g/mol. The molecule has 0 N–H and O–H groups in total. The molecule has 2 aromatic carbocycles. The smallest absolute Gasteiger partial charge is 0.119 e. The van der Waals surface area contributed by atoms with E-state index in [9.17, 15) is 0 Å². The summed E-state index contributed by atoms with van der Waals surface area (Å²) in [5.74, 6) is 1.68. The molecule has 0 fully saturated rings. The predicted octanol–water partition coefficient (Wildman–Crippen LogP) is 6.50.